The maximum absolute atomic E-state index is 12.7. The van der Waals surface area contributed by atoms with Crippen LogP contribution in [0.5, 0.6) is 0 Å². The summed E-state index contributed by atoms with van der Waals surface area (Å²) in [5.74, 6) is -2.84. The van der Waals surface area contributed by atoms with Gasteiger partial charge in [-0.2, -0.15) is 0 Å². The first-order valence-corrected chi connectivity index (χ1v) is 11.5. The summed E-state index contributed by atoms with van der Waals surface area (Å²) in [5.41, 5.74) is -0.747. The van der Waals surface area contributed by atoms with Crippen LogP contribution >= 0.6 is 0 Å². The standard InChI is InChI=1S/C21H28N4O8.C3H8/c1-4-33-18(28)10-6-5-8-15(23-14(2)26)20(30)24-16-9-7-11-25(21(16)31)13-17(27)22-12-19(29)32-3;1-3-2/h6-7,9-11,15H,4-5,8,12-13H2,1-3H3,(H,22,27)(H,23,26)(H,24,30);3H2,1-2H3/b10-6+;/t15-;/m0./s1. The largest absolute Gasteiger partial charge is 0.468 e. The SMILES string of the molecule is CCC.CCOC(=O)/C=C/CC[C@H](NC(C)=O)C(=O)Nc1cccn(CC(=O)NCC(=O)OC)c1=O. The lowest BCUT2D eigenvalue weighted by molar-refractivity contribution is -0.141. The van der Waals surface area contributed by atoms with Gasteiger partial charge in [0.2, 0.25) is 17.7 Å². The van der Waals surface area contributed by atoms with Crippen molar-refractivity contribution in [1.82, 2.24) is 15.2 Å². The molecule has 36 heavy (non-hydrogen) atoms. The van der Waals surface area contributed by atoms with Crippen LogP contribution in [0.25, 0.3) is 0 Å². The van der Waals surface area contributed by atoms with Gasteiger partial charge in [0, 0.05) is 19.2 Å². The van der Waals surface area contributed by atoms with E-state index in [1.54, 1.807) is 6.92 Å². The van der Waals surface area contributed by atoms with E-state index in [4.69, 9.17) is 4.74 Å². The molecule has 200 valence electrons. The van der Waals surface area contributed by atoms with Crippen molar-refractivity contribution in [3.8, 4) is 0 Å². The Hall–Kier alpha value is -3.96. The third kappa shape index (κ3) is 13.7. The Morgan fingerprint density at radius 2 is 1.81 bits per heavy atom. The first kappa shape index (κ1) is 32.0. The number of hydrogen-bond acceptors (Lipinski definition) is 8. The monoisotopic (exact) mass is 508 g/mol. The van der Waals surface area contributed by atoms with Gasteiger partial charge in [-0.25, -0.2) is 4.79 Å². The molecule has 0 aliphatic heterocycles. The van der Waals surface area contributed by atoms with Gasteiger partial charge in [0.05, 0.1) is 13.7 Å². The van der Waals surface area contributed by atoms with Crippen molar-refractivity contribution in [2.75, 3.05) is 25.6 Å². The molecule has 3 amide bonds. The lowest BCUT2D eigenvalue weighted by atomic mass is 10.1. The number of aromatic nitrogens is 1. The summed E-state index contributed by atoms with van der Waals surface area (Å²) in [4.78, 5) is 71.1. The normalized spacial score (nSPS) is 10.9. The summed E-state index contributed by atoms with van der Waals surface area (Å²) in [6.07, 6.45) is 5.80. The highest BCUT2D eigenvalue weighted by Gasteiger charge is 2.20. The Morgan fingerprint density at radius 3 is 2.39 bits per heavy atom. The molecule has 0 aliphatic carbocycles. The molecular formula is C24H36N4O8. The molecule has 0 spiro atoms. The van der Waals surface area contributed by atoms with E-state index in [-0.39, 0.29) is 38.2 Å². The number of nitrogens with zero attached hydrogens (tertiary/aromatic N) is 1. The van der Waals surface area contributed by atoms with Gasteiger partial charge in [-0.1, -0.05) is 26.3 Å². The van der Waals surface area contributed by atoms with Crippen molar-refractivity contribution in [2.24, 2.45) is 0 Å². The molecule has 12 heteroatoms. The quantitative estimate of drug-likeness (QED) is 0.277. The number of anilines is 1. The molecule has 1 atom stereocenters. The van der Waals surface area contributed by atoms with E-state index in [0.717, 1.165) is 4.57 Å². The molecule has 1 rings (SSSR count). The van der Waals surface area contributed by atoms with Crippen LogP contribution in [0.1, 0.15) is 47.0 Å². The Balaban J connectivity index is 0.00000387. The molecule has 0 saturated heterocycles. The van der Waals surface area contributed by atoms with E-state index in [9.17, 15) is 28.8 Å². The molecular weight excluding hydrogens is 472 g/mol. The fourth-order valence-corrected chi connectivity index (χ4v) is 2.58. The number of rotatable bonds is 12. The van der Waals surface area contributed by atoms with Crippen LogP contribution in [0.15, 0.2) is 35.3 Å². The van der Waals surface area contributed by atoms with Gasteiger partial charge in [-0.15, -0.1) is 0 Å². The maximum atomic E-state index is 12.7. The van der Waals surface area contributed by atoms with Gasteiger partial charge in [0.25, 0.3) is 5.56 Å². The van der Waals surface area contributed by atoms with Crippen molar-refractivity contribution in [2.45, 2.75) is 59.5 Å². The van der Waals surface area contributed by atoms with Gasteiger partial charge in [-0.05, 0) is 31.9 Å². The zero-order valence-corrected chi connectivity index (χ0v) is 21.4. The van der Waals surface area contributed by atoms with Crippen LogP contribution in [-0.4, -0.2) is 60.5 Å². The maximum Gasteiger partial charge on any atom is 0.330 e. The predicted octanol–water partition coefficient (Wildman–Crippen LogP) is 0.897. The first-order chi connectivity index (χ1) is 17.1. The number of methoxy groups -OCH3 is 1. The van der Waals surface area contributed by atoms with Crippen molar-refractivity contribution in [3.63, 3.8) is 0 Å². The van der Waals surface area contributed by atoms with E-state index in [0.29, 0.717) is 0 Å². The minimum Gasteiger partial charge on any atom is -0.468 e. The average Bonchev–Trinajstić information content (AvgIpc) is 2.82. The Bertz CT molecular complexity index is 971. The van der Waals surface area contributed by atoms with Crippen LogP contribution in [0.4, 0.5) is 5.69 Å². The molecule has 0 bridgehead atoms. The van der Waals surface area contributed by atoms with E-state index in [1.807, 2.05) is 0 Å². The van der Waals surface area contributed by atoms with E-state index in [1.165, 1.54) is 50.9 Å². The van der Waals surface area contributed by atoms with Crippen LogP contribution in [0.2, 0.25) is 0 Å². The third-order valence-electron chi connectivity index (χ3n) is 4.11. The van der Waals surface area contributed by atoms with Crippen molar-refractivity contribution in [3.05, 3.63) is 40.8 Å². The number of carbonyl (C=O) groups excluding carboxylic acids is 5. The van der Waals surface area contributed by atoms with Gasteiger partial charge < -0.3 is 30.0 Å². The number of allylic oxidation sites excluding steroid dienone is 1. The van der Waals surface area contributed by atoms with E-state index in [2.05, 4.69) is 34.5 Å². The summed E-state index contributed by atoms with van der Waals surface area (Å²) in [6.45, 7) is 6.69. The number of esters is 2. The smallest absolute Gasteiger partial charge is 0.330 e. The van der Waals surface area contributed by atoms with Crippen molar-refractivity contribution in [1.29, 1.82) is 0 Å². The lowest BCUT2D eigenvalue weighted by Gasteiger charge is -2.17. The topological polar surface area (TPSA) is 162 Å². The minimum atomic E-state index is -0.967. The van der Waals surface area contributed by atoms with Crippen LogP contribution in [0, 0.1) is 0 Å². The number of ether oxygens (including phenoxy) is 2. The highest BCUT2D eigenvalue weighted by Crippen LogP contribution is 2.05. The third-order valence-corrected chi connectivity index (χ3v) is 4.11. The molecule has 0 aliphatic rings. The van der Waals surface area contributed by atoms with Crippen LogP contribution in [-0.2, 0) is 40.0 Å². The zero-order valence-electron chi connectivity index (χ0n) is 21.4. The highest BCUT2D eigenvalue weighted by atomic mass is 16.5. The molecule has 0 unspecified atom stereocenters. The Kier molecular flexibility index (Phi) is 16.4. The number of nitrogens with one attached hydrogen (secondary N) is 3. The molecule has 3 N–H and O–H groups in total. The first-order valence-electron chi connectivity index (χ1n) is 11.5. The van der Waals surface area contributed by atoms with Gasteiger partial charge >= 0.3 is 11.9 Å². The molecule has 0 radical (unpaired) electrons. The second kappa shape index (κ2) is 18.4. The minimum absolute atomic E-state index is 0.0966. The second-order valence-electron chi connectivity index (χ2n) is 7.39. The fraction of sp³-hybridized carbons (Fsp3) is 0.500. The number of hydrogen-bond donors (Lipinski definition) is 3. The Labute approximate surface area is 210 Å². The van der Waals surface area contributed by atoms with E-state index >= 15 is 0 Å². The van der Waals surface area contributed by atoms with E-state index < -0.39 is 41.3 Å². The summed E-state index contributed by atoms with van der Waals surface area (Å²) in [5, 5.41) is 7.25. The number of pyridine rings is 1. The molecule has 12 nitrogen and oxygen atoms in total. The highest BCUT2D eigenvalue weighted by molar-refractivity contribution is 5.96. The molecule has 1 aromatic rings. The van der Waals surface area contributed by atoms with Crippen molar-refractivity contribution < 1.29 is 33.4 Å². The van der Waals surface area contributed by atoms with Crippen LogP contribution in [0.3, 0.4) is 0 Å². The van der Waals surface area contributed by atoms with Crippen LogP contribution < -0.4 is 21.5 Å². The fourth-order valence-electron chi connectivity index (χ4n) is 2.58. The lowest BCUT2D eigenvalue weighted by Crippen LogP contribution is -2.44. The molecule has 0 aromatic carbocycles. The van der Waals surface area contributed by atoms with Gasteiger partial charge in [0.1, 0.15) is 24.8 Å². The average molecular weight is 509 g/mol. The summed E-state index contributed by atoms with van der Waals surface area (Å²) >= 11 is 0. The predicted molar refractivity (Wildman–Crippen MR) is 133 cm³/mol. The Morgan fingerprint density at radius 1 is 1.14 bits per heavy atom. The molecule has 0 saturated carbocycles. The molecule has 1 aromatic heterocycles. The molecule has 1 heterocycles. The zero-order chi connectivity index (χ0) is 27.5. The van der Waals surface area contributed by atoms with Gasteiger partial charge in [0.15, 0.2) is 0 Å². The number of amides is 3. The summed E-state index contributed by atoms with van der Waals surface area (Å²) < 4.78 is 10.2. The second-order valence-corrected chi connectivity index (χ2v) is 7.39. The van der Waals surface area contributed by atoms with Gasteiger partial charge in [-0.3, -0.25) is 24.0 Å². The number of carbonyl (C=O) groups is 5. The summed E-state index contributed by atoms with van der Waals surface area (Å²) in [6, 6.07) is 1.85. The molecule has 0 fully saturated rings. The van der Waals surface area contributed by atoms with Crippen molar-refractivity contribution >= 4 is 35.3 Å². The summed E-state index contributed by atoms with van der Waals surface area (Å²) in [7, 11) is 1.18.